The van der Waals surface area contributed by atoms with E-state index >= 15 is 0 Å². The smallest absolute Gasteiger partial charge is 0.126 e. The van der Waals surface area contributed by atoms with Crippen molar-refractivity contribution in [3.63, 3.8) is 0 Å². The fourth-order valence-corrected chi connectivity index (χ4v) is 2.15. The lowest BCUT2D eigenvalue weighted by Gasteiger charge is -2.13. The Kier molecular flexibility index (Phi) is 4.42. The van der Waals surface area contributed by atoms with Gasteiger partial charge in [0.25, 0.3) is 0 Å². The molecule has 0 radical (unpaired) electrons. The molecule has 104 valence electrons. The van der Waals surface area contributed by atoms with Crippen molar-refractivity contribution in [3.05, 3.63) is 52.8 Å². The third kappa shape index (κ3) is 3.37. The highest BCUT2D eigenvalue weighted by Gasteiger charge is 2.08. The van der Waals surface area contributed by atoms with Crippen LogP contribution in [0.1, 0.15) is 5.56 Å². The van der Waals surface area contributed by atoms with Gasteiger partial charge in [0, 0.05) is 22.3 Å². The number of thiocarbonyl (C=S) groups is 1. The number of ether oxygens (including phenoxy) is 1. The second-order valence-electron chi connectivity index (χ2n) is 4.06. The SMILES string of the molecule is COc1ccc(C(N)=S)c(Nc2cc(F)cc(Cl)c2)c1. The Morgan fingerprint density at radius 2 is 2.05 bits per heavy atom. The van der Waals surface area contributed by atoms with E-state index in [4.69, 9.17) is 34.3 Å². The molecule has 0 unspecified atom stereocenters. The van der Waals surface area contributed by atoms with E-state index in [9.17, 15) is 4.39 Å². The van der Waals surface area contributed by atoms with Crippen molar-refractivity contribution >= 4 is 40.2 Å². The van der Waals surface area contributed by atoms with Gasteiger partial charge in [0.2, 0.25) is 0 Å². The molecule has 0 atom stereocenters. The van der Waals surface area contributed by atoms with Crippen molar-refractivity contribution in [1.29, 1.82) is 0 Å². The van der Waals surface area contributed by atoms with Crippen molar-refractivity contribution in [3.8, 4) is 5.75 Å². The maximum atomic E-state index is 13.3. The van der Waals surface area contributed by atoms with Gasteiger partial charge in [-0.25, -0.2) is 4.39 Å². The maximum Gasteiger partial charge on any atom is 0.126 e. The minimum absolute atomic E-state index is 0.234. The summed E-state index contributed by atoms with van der Waals surface area (Å²) >= 11 is 10.8. The van der Waals surface area contributed by atoms with Gasteiger partial charge < -0.3 is 15.8 Å². The van der Waals surface area contributed by atoms with Crippen LogP contribution in [0.4, 0.5) is 15.8 Å². The van der Waals surface area contributed by atoms with Crippen LogP contribution in [-0.4, -0.2) is 12.1 Å². The number of benzene rings is 2. The lowest BCUT2D eigenvalue weighted by molar-refractivity contribution is 0.415. The van der Waals surface area contributed by atoms with E-state index in [1.807, 2.05) is 0 Å². The van der Waals surface area contributed by atoms with E-state index in [0.29, 0.717) is 27.7 Å². The second kappa shape index (κ2) is 6.07. The summed E-state index contributed by atoms with van der Waals surface area (Å²) in [4.78, 5) is 0.234. The molecule has 0 saturated heterocycles. The molecule has 20 heavy (non-hydrogen) atoms. The fourth-order valence-electron chi connectivity index (χ4n) is 1.75. The maximum absolute atomic E-state index is 13.3. The lowest BCUT2D eigenvalue weighted by atomic mass is 10.1. The van der Waals surface area contributed by atoms with Crippen molar-refractivity contribution in [2.24, 2.45) is 5.73 Å². The second-order valence-corrected chi connectivity index (χ2v) is 4.94. The van der Waals surface area contributed by atoms with Gasteiger partial charge in [0.15, 0.2) is 0 Å². The van der Waals surface area contributed by atoms with Crippen molar-refractivity contribution in [2.45, 2.75) is 0 Å². The molecule has 0 fully saturated rings. The van der Waals surface area contributed by atoms with E-state index in [1.165, 1.54) is 12.1 Å². The van der Waals surface area contributed by atoms with E-state index in [-0.39, 0.29) is 4.99 Å². The first-order valence-electron chi connectivity index (χ1n) is 5.70. The average Bonchev–Trinajstić information content (AvgIpc) is 2.37. The number of hydrogen-bond donors (Lipinski definition) is 2. The molecule has 0 heterocycles. The van der Waals surface area contributed by atoms with Crippen LogP contribution < -0.4 is 15.8 Å². The Bertz CT molecular complexity index is 643. The first-order chi connectivity index (χ1) is 9.49. The van der Waals surface area contributed by atoms with Crippen molar-refractivity contribution < 1.29 is 9.13 Å². The molecule has 2 rings (SSSR count). The molecule has 0 amide bonds. The van der Waals surface area contributed by atoms with Crippen LogP contribution in [0.3, 0.4) is 0 Å². The first-order valence-corrected chi connectivity index (χ1v) is 6.49. The molecule has 0 aliphatic carbocycles. The monoisotopic (exact) mass is 310 g/mol. The quantitative estimate of drug-likeness (QED) is 0.842. The summed E-state index contributed by atoms with van der Waals surface area (Å²) in [5, 5.41) is 3.34. The van der Waals surface area contributed by atoms with Gasteiger partial charge in [-0.2, -0.15) is 0 Å². The lowest BCUT2D eigenvalue weighted by Crippen LogP contribution is -2.12. The number of nitrogens with one attached hydrogen (secondary N) is 1. The van der Waals surface area contributed by atoms with E-state index in [1.54, 1.807) is 31.4 Å². The Labute approximate surface area is 126 Å². The van der Waals surface area contributed by atoms with E-state index in [0.717, 1.165) is 0 Å². The summed E-state index contributed by atoms with van der Waals surface area (Å²) in [6, 6.07) is 9.38. The van der Waals surface area contributed by atoms with Gasteiger partial charge in [-0.15, -0.1) is 0 Å². The van der Waals surface area contributed by atoms with Crippen LogP contribution >= 0.6 is 23.8 Å². The third-order valence-electron chi connectivity index (χ3n) is 2.63. The number of hydrogen-bond acceptors (Lipinski definition) is 3. The van der Waals surface area contributed by atoms with Gasteiger partial charge >= 0.3 is 0 Å². The summed E-state index contributed by atoms with van der Waals surface area (Å²) in [5.74, 6) is 0.203. The number of nitrogens with two attached hydrogens (primary N) is 1. The largest absolute Gasteiger partial charge is 0.497 e. The molecule has 3 nitrogen and oxygen atoms in total. The molecule has 3 N–H and O–H groups in total. The molecular weight excluding hydrogens is 299 g/mol. The zero-order chi connectivity index (χ0) is 14.7. The highest BCUT2D eigenvalue weighted by molar-refractivity contribution is 7.80. The standard InChI is InChI=1S/C14H12ClFN2OS/c1-19-11-2-3-12(14(17)20)13(7-11)18-10-5-8(15)4-9(16)6-10/h2-7,18H,1H3,(H2,17,20). The molecule has 0 aliphatic heterocycles. The molecule has 0 spiro atoms. The molecule has 6 heteroatoms. The van der Waals surface area contributed by atoms with Gasteiger partial charge in [-0.1, -0.05) is 23.8 Å². The fraction of sp³-hybridized carbons (Fsp3) is 0.0714. The topological polar surface area (TPSA) is 47.3 Å². The summed E-state index contributed by atoms with van der Waals surface area (Å²) in [7, 11) is 1.55. The molecule has 2 aromatic rings. The minimum Gasteiger partial charge on any atom is -0.497 e. The highest BCUT2D eigenvalue weighted by atomic mass is 35.5. The van der Waals surface area contributed by atoms with Gasteiger partial charge in [-0.05, 0) is 30.3 Å². The zero-order valence-corrected chi connectivity index (χ0v) is 12.2. The van der Waals surface area contributed by atoms with Crippen LogP contribution in [0.25, 0.3) is 0 Å². The predicted molar refractivity (Wildman–Crippen MR) is 83.6 cm³/mol. The van der Waals surface area contributed by atoms with E-state index < -0.39 is 5.82 Å². The van der Waals surface area contributed by atoms with Crippen LogP contribution in [0.5, 0.6) is 5.75 Å². The number of halogens is 2. The number of anilines is 2. The summed E-state index contributed by atoms with van der Waals surface area (Å²) in [6.45, 7) is 0. The Hall–Kier alpha value is -1.85. The Morgan fingerprint density at radius 3 is 2.65 bits per heavy atom. The number of rotatable bonds is 4. The minimum atomic E-state index is -0.431. The summed E-state index contributed by atoms with van der Waals surface area (Å²) < 4.78 is 18.5. The van der Waals surface area contributed by atoms with Gasteiger partial charge in [0.05, 0.1) is 12.8 Å². The van der Waals surface area contributed by atoms with Crippen LogP contribution in [0, 0.1) is 5.82 Å². The van der Waals surface area contributed by atoms with Gasteiger partial charge in [0.1, 0.15) is 16.6 Å². The molecule has 0 aromatic heterocycles. The predicted octanol–water partition coefficient (Wildman–Crippen LogP) is 3.87. The molecule has 0 aliphatic rings. The molecule has 2 aromatic carbocycles. The molecule has 0 bridgehead atoms. The van der Waals surface area contributed by atoms with E-state index in [2.05, 4.69) is 5.32 Å². The average molecular weight is 311 g/mol. The summed E-state index contributed by atoms with van der Waals surface area (Å²) in [5.41, 5.74) is 7.43. The van der Waals surface area contributed by atoms with Crippen LogP contribution in [-0.2, 0) is 0 Å². The Balaban J connectivity index is 2.42. The normalized spacial score (nSPS) is 10.2. The van der Waals surface area contributed by atoms with Crippen LogP contribution in [0.15, 0.2) is 36.4 Å². The van der Waals surface area contributed by atoms with Gasteiger partial charge in [-0.3, -0.25) is 0 Å². The number of methoxy groups -OCH3 is 1. The molecular formula is C14H12ClFN2OS. The van der Waals surface area contributed by atoms with Crippen molar-refractivity contribution in [2.75, 3.05) is 12.4 Å². The highest BCUT2D eigenvalue weighted by Crippen LogP contribution is 2.27. The third-order valence-corrected chi connectivity index (χ3v) is 3.07. The molecule has 0 saturated carbocycles. The van der Waals surface area contributed by atoms with Crippen molar-refractivity contribution in [1.82, 2.24) is 0 Å². The summed E-state index contributed by atoms with van der Waals surface area (Å²) in [6.07, 6.45) is 0. The Morgan fingerprint density at radius 1 is 1.30 bits per heavy atom. The first kappa shape index (κ1) is 14.6. The zero-order valence-electron chi connectivity index (χ0n) is 10.6. The van der Waals surface area contributed by atoms with Crippen LogP contribution in [0.2, 0.25) is 5.02 Å².